The summed E-state index contributed by atoms with van der Waals surface area (Å²) in [5, 5.41) is 26.5. The summed E-state index contributed by atoms with van der Waals surface area (Å²) in [6, 6.07) is 21.2. The van der Waals surface area contributed by atoms with Gasteiger partial charge in [0.25, 0.3) is 5.91 Å². The third-order valence-corrected chi connectivity index (χ3v) is 14.6. The van der Waals surface area contributed by atoms with Gasteiger partial charge < -0.3 is 29.9 Å². The Bertz CT molecular complexity index is 1930. The molecule has 1 amide bonds. The van der Waals surface area contributed by atoms with Gasteiger partial charge in [-0.25, -0.2) is 0 Å². The third-order valence-electron chi connectivity index (χ3n) is 14.6. The van der Waals surface area contributed by atoms with Gasteiger partial charge in [0, 0.05) is 74.5 Å². The van der Waals surface area contributed by atoms with E-state index in [1.165, 1.54) is 6.42 Å². The second-order valence-corrected chi connectivity index (χ2v) is 18.8. The zero-order chi connectivity index (χ0) is 42.7. The molecule has 0 radical (unpaired) electrons. The summed E-state index contributed by atoms with van der Waals surface area (Å²) in [5.41, 5.74) is 5.34. The standard InChI is InChI=1S/C49H68N4O7/c1-31-34(24-38-27-42(31)49(38,3)4)16-17-43(56)46-45(32(2)55)44(30-54)60-53(46)28-35-14-11-15-41(47(35)58-7)36-23-37(26-40(25-36)51(5)6)48(57)50-39(22-33-12-9-8-10-13-33)29-52-18-20-59-21-19-52/h8-15,23,25-26,31-32,34,38-39,42,44-46,54-55H,16-22,24,27-30H2,1-7H3,(H,50,57)/t31-,32+,34+,38+,39+,42+,44+,45-,46-/m1/s1. The molecule has 3 aromatic carbocycles. The molecule has 11 heteroatoms. The Labute approximate surface area is 357 Å². The topological polar surface area (TPSA) is 124 Å². The SMILES string of the molecule is COc1c(CN2O[C@@H](CO)[C@@H]([C@H](C)O)[C@H]2C(=O)CC[C@H]2C[C@H]3C[C@@H]([C@@H]2C)C3(C)C)cccc1-c1cc(C(=O)N[C@@H](Cc2ccccc2)CN2CCOCC2)cc(N(C)C)c1. The van der Waals surface area contributed by atoms with Crippen LogP contribution in [0.2, 0.25) is 0 Å². The molecule has 3 N–H and O–H groups in total. The van der Waals surface area contributed by atoms with Crippen LogP contribution in [-0.2, 0) is 27.3 Å². The number of methoxy groups -OCH3 is 1. The van der Waals surface area contributed by atoms with Crippen LogP contribution < -0.4 is 15.0 Å². The first-order chi connectivity index (χ1) is 28.8. The van der Waals surface area contributed by atoms with E-state index in [1.54, 1.807) is 19.1 Å². The Balaban J connectivity index is 1.13. The molecule has 2 saturated heterocycles. The summed E-state index contributed by atoms with van der Waals surface area (Å²) in [6.45, 7) is 12.5. The van der Waals surface area contributed by atoms with Gasteiger partial charge in [-0.05, 0) is 91.0 Å². The predicted molar refractivity (Wildman–Crippen MR) is 235 cm³/mol. The van der Waals surface area contributed by atoms with Crippen LogP contribution in [0.3, 0.4) is 0 Å². The fraction of sp³-hybridized carbons (Fsp3) is 0.592. The summed E-state index contributed by atoms with van der Waals surface area (Å²) in [7, 11) is 5.55. The Morgan fingerprint density at radius 2 is 1.78 bits per heavy atom. The van der Waals surface area contributed by atoms with Crippen molar-refractivity contribution in [2.45, 2.75) is 90.6 Å². The van der Waals surface area contributed by atoms with Crippen LogP contribution in [0.5, 0.6) is 5.75 Å². The summed E-state index contributed by atoms with van der Waals surface area (Å²) in [4.78, 5) is 39.3. The maximum Gasteiger partial charge on any atom is 0.251 e. The molecule has 3 aromatic rings. The number of hydrogen-bond acceptors (Lipinski definition) is 10. The number of anilines is 1. The highest BCUT2D eigenvalue weighted by atomic mass is 16.7. The number of benzene rings is 3. The number of nitrogens with one attached hydrogen (secondary N) is 1. The lowest BCUT2D eigenvalue weighted by atomic mass is 9.43. The number of hydrogen-bond donors (Lipinski definition) is 3. The van der Waals surface area contributed by atoms with Crippen LogP contribution >= 0.6 is 0 Å². The van der Waals surface area contributed by atoms with Crippen molar-refractivity contribution in [3.63, 3.8) is 0 Å². The van der Waals surface area contributed by atoms with Crippen LogP contribution in [0.1, 0.15) is 74.9 Å². The van der Waals surface area contributed by atoms with Crippen molar-refractivity contribution in [3.05, 3.63) is 83.4 Å². The molecule has 326 valence electrons. The van der Waals surface area contributed by atoms with E-state index in [-0.39, 0.29) is 30.9 Å². The van der Waals surface area contributed by atoms with Gasteiger partial charge in [-0.1, -0.05) is 69.3 Å². The van der Waals surface area contributed by atoms with Crippen molar-refractivity contribution >= 4 is 17.4 Å². The number of para-hydroxylation sites is 1. The first-order valence-electron chi connectivity index (χ1n) is 22.2. The Hall–Kier alpha value is -3.84. The van der Waals surface area contributed by atoms with Gasteiger partial charge in [0.1, 0.15) is 17.9 Å². The summed E-state index contributed by atoms with van der Waals surface area (Å²) in [6.07, 6.45) is 2.80. The summed E-state index contributed by atoms with van der Waals surface area (Å²) in [5.74, 6) is 2.39. The predicted octanol–water partition coefficient (Wildman–Crippen LogP) is 6.24. The van der Waals surface area contributed by atoms with Crippen LogP contribution in [0, 0.1) is 35.0 Å². The van der Waals surface area contributed by atoms with Crippen molar-refractivity contribution in [1.29, 1.82) is 0 Å². The number of aliphatic hydroxyl groups is 2. The van der Waals surface area contributed by atoms with E-state index in [1.807, 2.05) is 67.5 Å². The number of fused-ring (bicyclic) bond motifs is 2. The second kappa shape index (κ2) is 19.1. The van der Waals surface area contributed by atoms with E-state index in [2.05, 4.69) is 49.2 Å². The molecule has 0 aromatic heterocycles. The van der Waals surface area contributed by atoms with E-state index < -0.39 is 24.2 Å². The highest BCUT2D eigenvalue weighted by molar-refractivity contribution is 5.97. The van der Waals surface area contributed by atoms with Crippen LogP contribution in [0.4, 0.5) is 5.69 Å². The Morgan fingerprint density at radius 1 is 1.03 bits per heavy atom. The van der Waals surface area contributed by atoms with Crippen LogP contribution in [-0.4, -0.2) is 117 Å². The highest BCUT2D eigenvalue weighted by Crippen LogP contribution is 2.63. The number of morpholine rings is 1. The van der Waals surface area contributed by atoms with Gasteiger partial charge in [-0.3, -0.25) is 19.3 Å². The zero-order valence-corrected chi connectivity index (χ0v) is 36.8. The molecule has 0 unspecified atom stereocenters. The zero-order valence-electron chi connectivity index (χ0n) is 36.8. The molecule has 0 spiro atoms. The van der Waals surface area contributed by atoms with E-state index >= 15 is 0 Å². The lowest BCUT2D eigenvalue weighted by Gasteiger charge is -2.62. The normalized spacial score (nSPS) is 27.4. The number of rotatable bonds is 17. The van der Waals surface area contributed by atoms with Crippen molar-refractivity contribution in [3.8, 4) is 16.9 Å². The lowest BCUT2D eigenvalue weighted by molar-refractivity contribution is -0.181. The molecule has 9 atom stereocenters. The van der Waals surface area contributed by atoms with Crippen LogP contribution in [0.15, 0.2) is 66.7 Å². The van der Waals surface area contributed by atoms with Gasteiger partial charge in [-0.2, -0.15) is 5.06 Å². The third kappa shape index (κ3) is 9.47. The van der Waals surface area contributed by atoms with Crippen LogP contribution in [0.25, 0.3) is 11.1 Å². The molecule has 3 aliphatic carbocycles. The Kier molecular flexibility index (Phi) is 14.0. The fourth-order valence-corrected chi connectivity index (χ4v) is 11.0. The maximum absolute atomic E-state index is 14.3. The van der Waals surface area contributed by atoms with E-state index in [4.69, 9.17) is 14.3 Å². The molecule has 5 fully saturated rings. The summed E-state index contributed by atoms with van der Waals surface area (Å²) < 4.78 is 11.8. The van der Waals surface area contributed by atoms with Crippen molar-refractivity contribution in [2.75, 3.05) is 65.6 Å². The number of ether oxygens (including phenoxy) is 2. The molecule has 3 saturated carbocycles. The van der Waals surface area contributed by atoms with Crippen molar-refractivity contribution in [2.24, 2.45) is 35.0 Å². The minimum Gasteiger partial charge on any atom is -0.496 e. The molecule has 5 aliphatic rings. The van der Waals surface area contributed by atoms with E-state index in [0.29, 0.717) is 67.1 Å². The highest BCUT2D eigenvalue weighted by Gasteiger charge is 2.56. The first-order valence-corrected chi connectivity index (χ1v) is 22.2. The molecule has 8 rings (SSSR count). The minimum absolute atomic E-state index is 0.0335. The fourth-order valence-electron chi connectivity index (χ4n) is 11.0. The number of amides is 1. The largest absolute Gasteiger partial charge is 0.496 e. The molecule has 2 heterocycles. The second-order valence-electron chi connectivity index (χ2n) is 18.8. The molecular formula is C49H68N4O7. The number of carbonyl (C=O) groups is 2. The van der Waals surface area contributed by atoms with Crippen molar-refractivity contribution in [1.82, 2.24) is 15.3 Å². The van der Waals surface area contributed by atoms with Gasteiger partial charge in [0.15, 0.2) is 5.78 Å². The van der Waals surface area contributed by atoms with E-state index in [0.717, 1.165) is 59.8 Å². The van der Waals surface area contributed by atoms with E-state index in [9.17, 15) is 19.8 Å². The first kappa shape index (κ1) is 44.2. The number of ketones is 1. The average molecular weight is 825 g/mol. The molecule has 60 heavy (non-hydrogen) atoms. The molecular weight excluding hydrogens is 757 g/mol. The van der Waals surface area contributed by atoms with Gasteiger partial charge in [0.2, 0.25) is 0 Å². The molecule has 2 aliphatic heterocycles. The Morgan fingerprint density at radius 3 is 2.43 bits per heavy atom. The number of Topliss-reactive ketones (excluding diaryl/α,β-unsaturated/α-hetero) is 1. The molecule has 2 bridgehead atoms. The smallest absolute Gasteiger partial charge is 0.251 e. The monoisotopic (exact) mass is 825 g/mol. The van der Waals surface area contributed by atoms with Gasteiger partial charge >= 0.3 is 0 Å². The van der Waals surface area contributed by atoms with Gasteiger partial charge in [-0.15, -0.1) is 0 Å². The maximum atomic E-state index is 14.3. The number of nitrogens with zero attached hydrogens (tertiary/aromatic N) is 3. The van der Waals surface area contributed by atoms with Gasteiger partial charge in [0.05, 0.1) is 39.6 Å². The summed E-state index contributed by atoms with van der Waals surface area (Å²) >= 11 is 0. The average Bonchev–Trinajstić information content (AvgIpc) is 3.62. The quantitative estimate of drug-likeness (QED) is 0.144. The molecule has 11 nitrogen and oxygen atoms in total. The number of aliphatic hydroxyl groups excluding tert-OH is 2. The minimum atomic E-state index is -0.865. The number of carbonyl (C=O) groups excluding carboxylic acids is 2. The lowest BCUT2D eigenvalue weighted by Crippen LogP contribution is -2.55. The van der Waals surface area contributed by atoms with Crippen molar-refractivity contribution < 1.29 is 34.1 Å². The number of hydroxylamine groups is 2.